The van der Waals surface area contributed by atoms with Crippen molar-refractivity contribution >= 4 is 28.6 Å². The number of fused-ring (bicyclic) bond motifs is 1. The zero-order valence-electron chi connectivity index (χ0n) is 14.3. The van der Waals surface area contributed by atoms with Crippen molar-refractivity contribution in [3.8, 4) is 0 Å². The van der Waals surface area contributed by atoms with Gasteiger partial charge in [0.25, 0.3) is 0 Å². The summed E-state index contributed by atoms with van der Waals surface area (Å²) in [6, 6.07) is 2.22. The number of aromatic amines is 1. The Morgan fingerprint density at radius 2 is 2.20 bits per heavy atom. The zero-order chi connectivity index (χ0) is 17.4. The van der Waals surface area contributed by atoms with Crippen LogP contribution in [0.1, 0.15) is 32.7 Å². The van der Waals surface area contributed by atoms with Crippen LogP contribution in [-0.4, -0.2) is 47.7 Å². The SMILES string of the molecule is CC(CO)n1cc(Nc2nc(N[C@@H](C)C3CC3)c3cc[nH]c3n2)nn1. The monoisotopic (exact) mass is 342 g/mol. The number of aliphatic hydroxyl groups is 1. The molecule has 2 atom stereocenters. The van der Waals surface area contributed by atoms with Crippen molar-refractivity contribution in [1.82, 2.24) is 29.9 Å². The lowest BCUT2D eigenvalue weighted by atomic mass is 10.2. The summed E-state index contributed by atoms with van der Waals surface area (Å²) in [6.07, 6.45) is 6.12. The molecule has 3 heterocycles. The molecule has 4 rings (SSSR count). The van der Waals surface area contributed by atoms with Gasteiger partial charge in [-0.05, 0) is 38.7 Å². The molecule has 0 saturated heterocycles. The minimum absolute atomic E-state index is 0.000851. The molecule has 0 aromatic carbocycles. The second kappa shape index (κ2) is 6.32. The highest BCUT2D eigenvalue weighted by Crippen LogP contribution is 2.34. The number of nitrogens with zero attached hydrogens (tertiary/aromatic N) is 5. The Morgan fingerprint density at radius 3 is 2.96 bits per heavy atom. The van der Waals surface area contributed by atoms with Crippen LogP contribution in [-0.2, 0) is 0 Å². The van der Waals surface area contributed by atoms with Crippen LogP contribution in [0.25, 0.3) is 11.0 Å². The van der Waals surface area contributed by atoms with Crippen LogP contribution in [0.15, 0.2) is 18.5 Å². The van der Waals surface area contributed by atoms with Gasteiger partial charge in [0.05, 0.1) is 24.2 Å². The van der Waals surface area contributed by atoms with Gasteiger partial charge < -0.3 is 20.7 Å². The molecule has 0 amide bonds. The summed E-state index contributed by atoms with van der Waals surface area (Å²) in [6.45, 7) is 4.05. The van der Waals surface area contributed by atoms with E-state index in [1.54, 1.807) is 10.9 Å². The van der Waals surface area contributed by atoms with E-state index in [9.17, 15) is 5.11 Å². The second-order valence-electron chi connectivity index (χ2n) is 6.65. The Morgan fingerprint density at radius 1 is 1.36 bits per heavy atom. The van der Waals surface area contributed by atoms with Crippen molar-refractivity contribution < 1.29 is 5.11 Å². The van der Waals surface area contributed by atoms with Gasteiger partial charge in [0.15, 0.2) is 5.82 Å². The molecule has 9 nitrogen and oxygen atoms in total. The van der Waals surface area contributed by atoms with Gasteiger partial charge in [-0.3, -0.25) is 0 Å². The van der Waals surface area contributed by atoms with Crippen LogP contribution >= 0.6 is 0 Å². The fraction of sp³-hybridized carbons (Fsp3) is 0.500. The molecule has 3 aromatic rings. The Labute approximate surface area is 144 Å². The van der Waals surface area contributed by atoms with E-state index in [1.807, 2.05) is 19.2 Å². The summed E-state index contributed by atoms with van der Waals surface area (Å²) in [4.78, 5) is 12.2. The van der Waals surface area contributed by atoms with E-state index in [0.717, 1.165) is 22.8 Å². The maximum absolute atomic E-state index is 9.21. The number of nitrogens with one attached hydrogen (secondary N) is 3. The normalized spacial score (nSPS) is 16.8. The van der Waals surface area contributed by atoms with E-state index in [0.29, 0.717) is 17.8 Å². The van der Waals surface area contributed by atoms with Crippen molar-refractivity contribution in [2.45, 2.75) is 38.8 Å². The van der Waals surface area contributed by atoms with E-state index in [-0.39, 0.29) is 12.6 Å². The van der Waals surface area contributed by atoms with E-state index in [2.05, 4.69) is 42.8 Å². The number of anilines is 3. The molecule has 3 aromatic heterocycles. The van der Waals surface area contributed by atoms with Gasteiger partial charge in [-0.1, -0.05) is 5.21 Å². The van der Waals surface area contributed by atoms with Crippen LogP contribution in [0, 0.1) is 5.92 Å². The first-order valence-corrected chi connectivity index (χ1v) is 8.55. The fourth-order valence-electron chi connectivity index (χ4n) is 2.78. The maximum atomic E-state index is 9.21. The van der Waals surface area contributed by atoms with E-state index in [4.69, 9.17) is 0 Å². The van der Waals surface area contributed by atoms with Crippen molar-refractivity contribution in [1.29, 1.82) is 0 Å². The number of hydrogen-bond donors (Lipinski definition) is 4. The summed E-state index contributed by atoms with van der Waals surface area (Å²) in [5.74, 6) is 2.51. The third-order valence-electron chi connectivity index (χ3n) is 4.58. The molecule has 1 fully saturated rings. The first kappa shape index (κ1) is 15.8. The number of aliphatic hydroxyl groups excluding tert-OH is 1. The van der Waals surface area contributed by atoms with Gasteiger partial charge in [0.1, 0.15) is 11.5 Å². The maximum Gasteiger partial charge on any atom is 0.232 e. The largest absolute Gasteiger partial charge is 0.394 e. The smallest absolute Gasteiger partial charge is 0.232 e. The molecule has 25 heavy (non-hydrogen) atoms. The molecular weight excluding hydrogens is 320 g/mol. The lowest BCUT2D eigenvalue weighted by molar-refractivity contribution is 0.228. The Balaban J connectivity index is 1.59. The van der Waals surface area contributed by atoms with Crippen LogP contribution in [0.2, 0.25) is 0 Å². The zero-order valence-corrected chi connectivity index (χ0v) is 14.3. The summed E-state index contributed by atoms with van der Waals surface area (Å²) >= 11 is 0. The highest BCUT2D eigenvalue weighted by atomic mass is 16.3. The van der Waals surface area contributed by atoms with Crippen molar-refractivity contribution in [3.05, 3.63) is 18.5 Å². The van der Waals surface area contributed by atoms with Crippen molar-refractivity contribution in [3.63, 3.8) is 0 Å². The molecule has 0 bridgehead atoms. The van der Waals surface area contributed by atoms with Crippen molar-refractivity contribution in [2.24, 2.45) is 5.92 Å². The van der Waals surface area contributed by atoms with Crippen LogP contribution < -0.4 is 10.6 Å². The summed E-state index contributed by atoms with van der Waals surface area (Å²) < 4.78 is 1.60. The number of hydrogen-bond acceptors (Lipinski definition) is 7. The van der Waals surface area contributed by atoms with Crippen LogP contribution in [0.4, 0.5) is 17.6 Å². The molecular formula is C16H22N8O. The quantitative estimate of drug-likeness (QED) is 0.519. The van der Waals surface area contributed by atoms with Gasteiger partial charge in [-0.2, -0.15) is 9.97 Å². The first-order valence-electron chi connectivity index (χ1n) is 8.55. The molecule has 1 aliphatic carbocycles. The molecule has 4 N–H and O–H groups in total. The fourth-order valence-corrected chi connectivity index (χ4v) is 2.78. The minimum atomic E-state index is -0.133. The van der Waals surface area contributed by atoms with Gasteiger partial charge in [0.2, 0.25) is 5.95 Å². The predicted molar refractivity (Wildman–Crippen MR) is 94.8 cm³/mol. The molecule has 1 saturated carbocycles. The molecule has 1 unspecified atom stereocenters. The van der Waals surface area contributed by atoms with Gasteiger partial charge >= 0.3 is 0 Å². The third-order valence-corrected chi connectivity index (χ3v) is 4.58. The highest BCUT2D eigenvalue weighted by molar-refractivity contribution is 5.88. The topological polar surface area (TPSA) is 117 Å². The molecule has 132 valence electrons. The molecule has 0 aliphatic heterocycles. The van der Waals surface area contributed by atoms with E-state index >= 15 is 0 Å². The van der Waals surface area contributed by atoms with Crippen LogP contribution in [0.5, 0.6) is 0 Å². The van der Waals surface area contributed by atoms with Gasteiger partial charge in [-0.25, -0.2) is 4.68 Å². The lowest BCUT2D eigenvalue weighted by Gasteiger charge is -2.15. The Kier molecular flexibility index (Phi) is 4.00. The third kappa shape index (κ3) is 3.27. The average Bonchev–Trinajstić information content (AvgIpc) is 3.18. The van der Waals surface area contributed by atoms with Gasteiger partial charge in [-0.15, -0.1) is 5.10 Å². The molecule has 9 heteroatoms. The average molecular weight is 342 g/mol. The summed E-state index contributed by atoms with van der Waals surface area (Å²) in [5.41, 5.74) is 0.763. The molecule has 0 spiro atoms. The Hall–Kier alpha value is -2.68. The first-order chi connectivity index (χ1) is 12.1. The highest BCUT2D eigenvalue weighted by Gasteiger charge is 2.28. The predicted octanol–water partition coefficient (Wildman–Crippen LogP) is 2.06. The summed E-state index contributed by atoms with van der Waals surface area (Å²) in [5, 5.41) is 24.8. The Bertz CT molecular complexity index is 868. The minimum Gasteiger partial charge on any atom is -0.394 e. The molecule has 1 aliphatic rings. The summed E-state index contributed by atoms with van der Waals surface area (Å²) in [7, 11) is 0. The van der Waals surface area contributed by atoms with E-state index in [1.165, 1.54) is 12.8 Å². The standard InChI is InChI=1S/C16H22N8O/c1-9(8-25)24-7-13(22-23-24)19-16-20-14-12(5-6-17-14)15(21-16)18-10(2)11-3-4-11/h5-7,9-11,25H,3-4,8H2,1-2H3,(H3,17,18,19,20,21)/t9?,10-/m0/s1. The lowest BCUT2D eigenvalue weighted by Crippen LogP contribution is -2.18. The van der Waals surface area contributed by atoms with Gasteiger partial charge in [0, 0.05) is 12.2 Å². The number of rotatable bonds is 7. The van der Waals surface area contributed by atoms with Crippen molar-refractivity contribution in [2.75, 3.05) is 17.2 Å². The van der Waals surface area contributed by atoms with Crippen LogP contribution in [0.3, 0.4) is 0 Å². The number of H-pyrrole nitrogens is 1. The second-order valence-corrected chi connectivity index (χ2v) is 6.65. The number of aromatic nitrogens is 6. The van der Waals surface area contributed by atoms with E-state index < -0.39 is 0 Å². The molecule has 0 radical (unpaired) electrons.